The Labute approximate surface area is 190 Å². The number of allylic oxidation sites excluding steroid dienone is 1. The van der Waals surface area contributed by atoms with E-state index in [0.29, 0.717) is 28.4 Å². The van der Waals surface area contributed by atoms with Gasteiger partial charge in [-0.1, -0.05) is 18.2 Å². The van der Waals surface area contributed by atoms with Crippen molar-refractivity contribution in [2.45, 2.75) is 26.3 Å². The highest BCUT2D eigenvalue weighted by Crippen LogP contribution is 2.54. The predicted octanol–water partition coefficient (Wildman–Crippen LogP) is 6.84. The SMILES string of the molecule is COc1c(O)ccc2c1-c1ccc3c(c1/C(=C\c1ccc(F)c(F)c1)O2)C(C)=CC(C)(C)N3. The van der Waals surface area contributed by atoms with Gasteiger partial charge in [0.05, 0.1) is 18.2 Å². The number of anilines is 1. The summed E-state index contributed by atoms with van der Waals surface area (Å²) in [6.45, 7) is 6.21. The maximum absolute atomic E-state index is 13.9. The Bertz CT molecular complexity index is 1370. The van der Waals surface area contributed by atoms with Crippen molar-refractivity contribution in [3.8, 4) is 28.4 Å². The van der Waals surface area contributed by atoms with Crippen LogP contribution in [0, 0.1) is 11.6 Å². The average Bonchev–Trinajstić information content (AvgIpc) is 2.75. The highest BCUT2D eigenvalue weighted by atomic mass is 19.2. The van der Waals surface area contributed by atoms with Crippen LogP contribution in [0.5, 0.6) is 17.2 Å². The molecule has 0 amide bonds. The summed E-state index contributed by atoms with van der Waals surface area (Å²) in [5.41, 5.74) is 5.38. The van der Waals surface area contributed by atoms with Crippen LogP contribution in [0.3, 0.4) is 0 Å². The third kappa shape index (κ3) is 3.42. The normalized spacial score (nSPS) is 16.7. The zero-order chi connectivity index (χ0) is 23.5. The molecule has 0 saturated carbocycles. The average molecular weight is 447 g/mol. The number of aromatic hydroxyl groups is 1. The van der Waals surface area contributed by atoms with Crippen molar-refractivity contribution in [3.63, 3.8) is 0 Å². The molecule has 0 aromatic heterocycles. The van der Waals surface area contributed by atoms with E-state index in [1.54, 1.807) is 12.1 Å². The van der Waals surface area contributed by atoms with Crippen LogP contribution in [0.4, 0.5) is 14.5 Å². The lowest BCUT2D eigenvalue weighted by Crippen LogP contribution is -2.32. The summed E-state index contributed by atoms with van der Waals surface area (Å²) in [7, 11) is 1.50. The Morgan fingerprint density at radius 2 is 1.79 bits per heavy atom. The molecule has 4 nitrogen and oxygen atoms in total. The van der Waals surface area contributed by atoms with Gasteiger partial charge in [-0.3, -0.25) is 0 Å². The van der Waals surface area contributed by atoms with Crippen LogP contribution in [0.2, 0.25) is 0 Å². The quantitative estimate of drug-likeness (QED) is 0.451. The van der Waals surface area contributed by atoms with Gasteiger partial charge in [-0.25, -0.2) is 8.78 Å². The first-order valence-corrected chi connectivity index (χ1v) is 10.6. The third-order valence-electron chi connectivity index (χ3n) is 5.91. The van der Waals surface area contributed by atoms with E-state index >= 15 is 0 Å². The molecule has 0 saturated heterocycles. The molecule has 2 heterocycles. The van der Waals surface area contributed by atoms with E-state index in [1.165, 1.54) is 19.2 Å². The molecular formula is C27H23F2NO3. The number of hydrogen-bond acceptors (Lipinski definition) is 4. The van der Waals surface area contributed by atoms with E-state index in [2.05, 4.69) is 25.2 Å². The Hall–Kier alpha value is -3.80. The number of rotatable bonds is 2. The molecular weight excluding hydrogens is 424 g/mol. The molecule has 2 aliphatic heterocycles. The summed E-state index contributed by atoms with van der Waals surface area (Å²) < 4.78 is 39.2. The first-order chi connectivity index (χ1) is 15.7. The van der Waals surface area contributed by atoms with Crippen molar-refractivity contribution in [2.24, 2.45) is 0 Å². The fraction of sp³-hybridized carbons (Fsp3) is 0.185. The van der Waals surface area contributed by atoms with Crippen molar-refractivity contribution in [1.82, 2.24) is 0 Å². The number of fused-ring (bicyclic) bond motifs is 5. The van der Waals surface area contributed by atoms with Gasteiger partial charge in [0, 0.05) is 22.4 Å². The van der Waals surface area contributed by atoms with Crippen LogP contribution in [-0.2, 0) is 0 Å². The number of nitrogens with one attached hydrogen (secondary N) is 1. The van der Waals surface area contributed by atoms with Gasteiger partial charge >= 0.3 is 0 Å². The first kappa shape index (κ1) is 21.1. The monoisotopic (exact) mass is 447 g/mol. The molecule has 168 valence electrons. The minimum atomic E-state index is -0.929. The van der Waals surface area contributed by atoms with E-state index in [1.807, 2.05) is 19.1 Å². The van der Waals surface area contributed by atoms with Gasteiger partial charge in [0.15, 0.2) is 23.1 Å². The molecule has 0 atom stereocenters. The molecule has 3 aromatic rings. The molecule has 33 heavy (non-hydrogen) atoms. The number of methoxy groups -OCH3 is 1. The number of phenols is 1. The third-order valence-corrected chi connectivity index (χ3v) is 5.91. The van der Waals surface area contributed by atoms with Gasteiger partial charge in [-0.2, -0.15) is 0 Å². The first-order valence-electron chi connectivity index (χ1n) is 10.6. The van der Waals surface area contributed by atoms with Crippen LogP contribution in [0.15, 0.2) is 48.5 Å². The van der Waals surface area contributed by atoms with Gasteiger partial charge in [-0.05, 0) is 68.3 Å². The minimum Gasteiger partial charge on any atom is -0.504 e. The fourth-order valence-corrected chi connectivity index (χ4v) is 4.70. The zero-order valence-corrected chi connectivity index (χ0v) is 18.7. The summed E-state index contributed by atoms with van der Waals surface area (Å²) in [5, 5.41) is 13.9. The minimum absolute atomic E-state index is 0.00285. The Morgan fingerprint density at radius 1 is 1.00 bits per heavy atom. The van der Waals surface area contributed by atoms with Crippen molar-refractivity contribution in [3.05, 3.63) is 76.9 Å². The van der Waals surface area contributed by atoms with Gasteiger partial charge < -0.3 is 19.9 Å². The van der Waals surface area contributed by atoms with Crippen molar-refractivity contribution >= 4 is 23.1 Å². The second-order valence-corrected chi connectivity index (χ2v) is 8.86. The van der Waals surface area contributed by atoms with E-state index in [4.69, 9.17) is 9.47 Å². The van der Waals surface area contributed by atoms with Crippen LogP contribution in [0.25, 0.3) is 28.5 Å². The zero-order valence-electron chi connectivity index (χ0n) is 18.7. The van der Waals surface area contributed by atoms with Crippen LogP contribution in [0.1, 0.15) is 37.5 Å². The smallest absolute Gasteiger partial charge is 0.172 e. The largest absolute Gasteiger partial charge is 0.504 e. The Kier molecular flexibility index (Phi) is 4.71. The Balaban J connectivity index is 1.83. The highest BCUT2D eigenvalue weighted by molar-refractivity contribution is 6.02. The lowest BCUT2D eigenvalue weighted by Gasteiger charge is -2.35. The van der Waals surface area contributed by atoms with Crippen LogP contribution < -0.4 is 14.8 Å². The molecule has 0 spiro atoms. The maximum atomic E-state index is 13.9. The molecule has 0 fully saturated rings. The lowest BCUT2D eigenvalue weighted by molar-refractivity contribution is 0.371. The number of benzene rings is 3. The second-order valence-electron chi connectivity index (χ2n) is 8.86. The molecule has 6 heteroatoms. The summed E-state index contributed by atoms with van der Waals surface area (Å²) >= 11 is 0. The van der Waals surface area contributed by atoms with Crippen LogP contribution >= 0.6 is 0 Å². The van der Waals surface area contributed by atoms with Gasteiger partial charge in [0.1, 0.15) is 11.5 Å². The van der Waals surface area contributed by atoms with Gasteiger partial charge in [-0.15, -0.1) is 0 Å². The summed E-state index contributed by atoms with van der Waals surface area (Å²) in [4.78, 5) is 0. The molecule has 0 bridgehead atoms. The van der Waals surface area contributed by atoms with Gasteiger partial charge in [0.25, 0.3) is 0 Å². The maximum Gasteiger partial charge on any atom is 0.172 e. The molecule has 3 aromatic carbocycles. The van der Waals surface area contributed by atoms with Crippen LogP contribution in [-0.4, -0.2) is 17.8 Å². The molecule has 0 unspecified atom stereocenters. The van der Waals surface area contributed by atoms with Crippen molar-refractivity contribution in [2.75, 3.05) is 12.4 Å². The van der Waals surface area contributed by atoms with E-state index in [9.17, 15) is 13.9 Å². The number of phenolic OH excluding ortho intramolecular Hbond substituents is 1. The fourth-order valence-electron chi connectivity index (χ4n) is 4.70. The number of ether oxygens (including phenoxy) is 2. The summed E-state index contributed by atoms with van der Waals surface area (Å²) in [6, 6.07) is 10.9. The topological polar surface area (TPSA) is 50.7 Å². The Morgan fingerprint density at radius 3 is 2.52 bits per heavy atom. The van der Waals surface area contributed by atoms with E-state index in [-0.39, 0.29) is 11.3 Å². The molecule has 0 radical (unpaired) electrons. The molecule has 5 rings (SSSR count). The summed E-state index contributed by atoms with van der Waals surface area (Å²) in [6.07, 6.45) is 3.83. The lowest BCUT2D eigenvalue weighted by atomic mass is 9.83. The highest BCUT2D eigenvalue weighted by Gasteiger charge is 2.33. The number of halogens is 2. The predicted molar refractivity (Wildman–Crippen MR) is 126 cm³/mol. The second kappa shape index (κ2) is 7.37. The molecule has 2 aliphatic rings. The van der Waals surface area contributed by atoms with Gasteiger partial charge in [0.2, 0.25) is 0 Å². The van der Waals surface area contributed by atoms with E-state index < -0.39 is 11.6 Å². The molecule has 2 N–H and O–H groups in total. The standard InChI is InChI=1S/C27H23F2NO3/c1-14-13-27(2,3)30-19-8-6-16-24(23(14)19)22(12-15-5-7-17(28)18(29)11-15)33-21-10-9-20(31)26(32-4)25(16)21/h5-13,30-31H,1-4H3/b22-12+. The summed E-state index contributed by atoms with van der Waals surface area (Å²) in [5.74, 6) is -0.536. The molecule has 0 aliphatic carbocycles. The number of hydrogen-bond donors (Lipinski definition) is 2. The van der Waals surface area contributed by atoms with Crippen molar-refractivity contribution in [1.29, 1.82) is 0 Å². The van der Waals surface area contributed by atoms with Crippen molar-refractivity contribution < 1.29 is 23.4 Å². The van der Waals surface area contributed by atoms with E-state index in [0.717, 1.165) is 40.1 Å².